The van der Waals surface area contributed by atoms with Crippen molar-refractivity contribution in [3.8, 4) is 0 Å². The molecule has 80 valence electrons. The van der Waals surface area contributed by atoms with Gasteiger partial charge in [-0.3, -0.25) is 4.90 Å². The third-order valence-electron chi connectivity index (χ3n) is 2.66. The van der Waals surface area contributed by atoms with E-state index in [1.54, 1.807) is 0 Å². The Morgan fingerprint density at radius 2 is 1.92 bits per heavy atom. The topological polar surface area (TPSA) is 23.5 Å². The van der Waals surface area contributed by atoms with Crippen LogP contribution >= 0.6 is 0 Å². The lowest BCUT2D eigenvalue weighted by Gasteiger charge is -2.31. The second kappa shape index (κ2) is 6.39. The molecular formula is C11H25NO. The van der Waals surface area contributed by atoms with E-state index in [9.17, 15) is 0 Å². The van der Waals surface area contributed by atoms with Gasteiger partial charge in [0.25, 0.3) is 0 Å². The molecule has 0 radical (unpaired) electrons. The fraction of sp³-hybridized carbons (Fsp3) is 1.00. The van der Waals surface area contributed by atoms with Crippen LogP contribution in [0.15, 0.2) is 0 Å². The summed E-state index contributed by atoms with van der Waals surface area (Å²) in [5.41, 5.74) is 0.384. The van der Waals surface area contributed by atoms with E-state index >= 15 is 0 Å². The van der Waals surface area contributed by atoms with Crippen LogP contribution in [-0.4, -0.2) is 35.2 Å². The molecule has 0 atom stereocenters. The summed E-state index contributed by atoms with van der Waals surface area (Å²) < 4.78 is 0. The lowest BCUT2D eigenvalue weighted by molar-refractivity contribution is 0.157. The fourth-order valence-electron chi connectivity index (χ4n) is 1.84. The lowest BCUT2D eigenvalue weighted by Crippen LogP contribution is -2.38. The molecule has 0 unspecified atom stereocenters. The maximum absolute atomic E-state index is 8.67. The summed E-state index contributed by atoms with van der Waals surface area (Å²) in [6, 6.07) is 0. The van der Waals surface area contributed by atoms with Gasteiger partial charge in [0.15, 0.2) is 0 Å². The van der Waals surface area contributed by atoms with Crippen LogP contribution in [0, 0.1) is 0 Å². The molecule has 0 aromatic heterocycles. The van der Waals surface area contributed by atoms with E-state index < -0.39 is 0 Å². The zero-order chi connectivity index (χ0) is 10.3. The quantitative estimate of drug-likeness (QED) is 0.732. The molecule has 0 aromatic rings. The van der Waals surface area contributed by atoms with Gasteiger partial charge in [0, 0.05) is 18.7 Å². The summed E-state index contributed by atoms with van der Waals surface area (Å²) in [4.78, 5) is 2.48. The zero-order valence-corrected chi connectivity index (χ0v) is 9.64. The Hall–Kier alpha value is -0.0800. The minimum Gasteiger partial charge on any atom is -0.396 e. The van der Waals surface area contributed by atoms with E-state index in [1.807, 2.05) is 13.8 Å². The van der Waals surface area contributed by atoms with Gasteiger partial charge in [-0.15, -0.1) is 0 Å². The molecular weight excluding hydrogens is 162 g/mol. The van der Waals surface area contributed by atoms with Gasteiger partial charge in [0.1, 0.15) is 0 Å². The first kappa shape index (κ1) is 12.9. The maximum atomic E-state index is 8.67. The van der Waals surface area contributed by atoms with Crippen molar-refractivity contribution in [1.29, 1.82) is 0 Å². The van der Waals surface area contributed by atoms with E-state index in [2.05, 4.69) is 18.7 Å². The van der Waals surface area contributed by atoms with E-state index in [4.69, 9.17) is 5.11 Å². The summed E-state index contributed by atoms with van der Waals surface area (Å²) in [5.74, 6) is 0. The SMILES string of the molecule is CC.CC1(C)CCCN1CCCO. The minimum absolute atomic E-state index is 0.326. The molecule has 1 N–H and O–H groups in total. The van der Waals surface area contributed by atoms with Crippen LogP contribution in [-0.2, 0) is 0 Å². The van der Waals surface area contributed by atoms with Gasteiger partial charge in [0.05, 0.1) is 0 Å². The molecule has 1 saturated heterocycles. The Morgan fingerprint density at radius 3 is 2.31 bits per heavy atom. The van der Waals surface area contributed by atoms with Gasteiger partial charge in [-0.25, -0.2) is 0 Å². The van der Waals surface area contributed by atoms with Crippen LogP contribution in [0.3, 0.4) is 0 Å². The second-order valence-electron chi connectivity index (χ2n) is 3.98. The van der Waals surface area contributed by atoms with Crippen molar-refractivity contribution in [2.24, 2.45) is 0 Å². The number of rotatable bonds is 3. The first-order valence-corrected chi connectivity index (χ1v) is 5.53. The van der Waals surface area contributed by atoms with Crippen LogP contribution in [0.4, 0.5) is 0 Å². The predicted octanol–water partition coefficient (Wildman–Crippen LogP) is 2.27. The number of hydrogen-bond donors (Lipinski definition) is 1. The van der Waals surface area contributed by atoms with Gasteiger partial charge in [-0.1, -0.05) is 13.8 Å². The van der Waals surface area contributed by atoms with Crippen molar-refractivity contribution in [2.45, 2.75) is 52.5 Å². The lowest BCUT2D eigenvalue weighted by atomic mass is 10.0. The highest BCUT2D eigenvalue weighted by Gasteiger charge is 2.30. The number of likely N-dealkylation sites (tertiary alicyclic amines) is 1. The van der Waals surface area contributed by atoms with Crippen molar-refractivity contribution in [3.63, 3.8) is 0 Å². The molecule has 1 fully saturated rings. The van der Waals surface area contributed by atoms with Gasteiger partial charge in [-0.2, -0.15) is 0 Å². The average Bonchev–Trinajstić information content (AvgIpc) is 2.45. The molecule has 2 heteroatoms. The summed E-state index contributed by atoms with van der Waals surface area (Å²) in [6.07, 6.45) is 3.54. The van der Waals surface area contributed by atoms with Crippen molar-refractivity contribution in [1.82, 2.24) is 4.90 Å². The molecule has 0 aromatic carbocycles. The fourth-order valence-corrected chi connectivity index (χ4v) is 1.84. The summed E-state index contributed by atoms with van der Waals surface area (Å²) in [6.45, 7) is 11.2. The van der Waals surface area contributed by atoms with Gasteiger partial charge < -0.3 is 5.11 Å². The maximum Gasteiger partial charge on any atom is 0.0443 e. The summed E-state index contributed by atoms with van der Waals surface area (Å²) >= 11 is 0. The highest BCUT2D eigenvalue weighted by atomic mass is 16.3. The van der Waals surface area contributed by atoms with Crippen LogP contribution in [0.25, 0.3) is 0 Å². The van der Waals surface area contributed by atoms with Gasteiger partial charge in [-0.05, 0) is 39.7 Å². The predicted molar refractivity (Wildman–Crippen MR) is 57.9 cm³/mol. The highest BCUT2D eigenvalue weighted by molar-refractivity contribution is 4.87. The van der Waals surface area contributed by atoms with E-state index in [1.165, 1.54) is 19.4 Å². The Bertz CT molecular complexity index is 123. The standard InChI is InChI=1S/C9H19NO.C2H6/c1-9(2)5-3-6-10(9)7-4-8-11;1-2/h11H,3-8H2,1-2H3;1-2H3. The van der Waals surface area contributed by atoms with Crippen molar-refractivity contribution in [3.05, 3.63) is 0 Å². The Kier molecular flexibility index (Phi) is 6.35. The first-order chi connectivity index (χ1) is 6.17. The third-order valence-corrected chi connectivity index (χ3v) is 2.66. The number of aliphatic hydroxyl groups is 1. The van der Waals surface area contributed by atoms with Gasteiger partial charge in [0.2, 0.25) is 0 Å². The molecule has 0 aliphatic carbocycles. The summed E-state index contributed by atoms with van der Waals surface area (Å²) in [7, 11) is 0. The minimum atomic E-state index is 0.326. The van der Waals surface area contributed by atoms with Crippen LogP contribution in [0.5, 0.6) is 0 Å². The molecule has 13 heavy (non-hydrogen) atoms. The van der Waals surface area contributed by atoms with Crippen LogP contribution < -0.4 is 0 Å². The Labute approximate surface area is 82.9 Å². The van der Waals surface area contributed by atoms with Crippen molar-refractivity contribution < 1.29 is 5.11 Å². The monoisotopic (exact) mass is 187 g/mol. The molecule has 0 spiro atoms. The molecule has 1 rings (SSSR count). The van der Waals surface area contributed by atoms with E-state index in [-0.39, 0.29) is 0 Å². The normalized spacial score (nSPS) is 21.0. The van der Waals surface area contributed by atoms with Crippen molar-refractivity contribution in [2.75, 3.05) is 19.7 Å². The number of nitrogens with zero attached hydrogens (tertiary/aromatic N) is 1. The average molecular weight is 187 g/mol. The Morgan fingerprint density at radius 1 is 1.31 bits per heavy atom. The molecule has 2 nitrogen and oxygen atoms in total. The number of hydrogen-bond acceptors (Lipinski definition) is 2. The van der Waals surface area contributed by atoms with Crippen LogP contribution in [0.2, 0.25) is 0 Å². The van der Waals surface area contributed by atoms with E-state index in [0.29, 0.717) is 12.1 Å². The third kappa shape index (κ3) is 4.10. The van der Waals surface area contributed by atoms with Gasteiger partial charge >= 0.3 is 0 Å². The first-order valence-electron chi connectivity index (χ1n) is 5.53. The highest BCUT2D eigenvalue weighted by Crippen LogP contribution is 2.27. The van der Waals surface area contributed by atoms with Crippen LogP contribution in [0.1, 0.15) is 47.0 Å². The Balaban J connectivity index is 0.000000671. The zero-order valence-electron chi connectivity index (χ0n) is 9.64. The largest absolute Gasteiger partial charge is 0.396 e. The smallest absolute Gasteiger partial charge is 0.0443 e. The van der Waals surface area contributed by atoms with E-state index in [0.717, 1.165) is 13.0 Å². The molecule has 0 saturated carbocycles. The molecule has 0 bridgehead atoms. The van der Waals surface area contributed by atoms with Crippen molar-refractivity contribution >= 4 is 0 Å². The summed E-state index contributed by atoms with van der Waals surface area (Å²) in [5, 5.41) is 8.67. The second-order valence-corrected chi connectivity index (χ2v) is 3.98. The molecule has 1 aliphatic rings. The number of aliphatic hydroxyl groups excluding tert-OH is 1. The molecule has 1 heterocycles. The molecule has 1 aliphatic heterocycles. The molecule has 0 amide bonds.